The zero-order valence-electron chi connectivity index (χ0n) is 17.3. The fraction of sp³-hybridized carbons (Fsp3) is 0.391. The zero-order valence-corrected chi connectivity index (χ0v) is 17.3. The summed E-state index contributed by atoms with van der Waals surface area (Å²) in [6.45, 7) is 1.61. The Bertz CT molecular complexity index is 853. The van der Waals surface area contributed by atoms with Crippen molar-refractivity contribution in [3.63, 3.8) is 0 Å². The first-order valence-electron chi connectivity index (χ1n) is 9.79. The van der Waals surface area contributed by atoms with E-state index in [0.29, 0.717) is 37.6 Å². The first-order chi connectivity index (χ1) is 14.0. The van der Waals surface area contributed by atoms with Gasteiger partial charge in [0.15, 0.2) is 11.5 Å². The number of likely N-dealkylation sites (tertiary alicyclic amines) is 1. The molecule has 0 saturated carbocycles. The Labute approximate surface area is 172 Å². The summed E-state index contributed by atoms with van der Waals surface area (Å²) in [5, 5.41) is 0. The Hall–Kier alpha value is -3.02. The maximum Gasteiger partial charge on any atom is 0.227 e. The van der Waals surface area contributed by atoms with E-state index >= 15 is 0 Å². The van der Waals surface area contributed by atoms with Crippen LogP contribution >= 0.6 is 0 Å². The second kappa shape index (κ2) is 9.45. The average molecular weight is 396 g/mol. The highest BCUT2D eigenvalue weighted by atomic mass is 16.5. The number of nitrogens with zero attached hydrogens (tertiary/aromatic N) is 2. The molecule has 6 nitrogen and oxygen atoms in total. The SMILES string of the molecule is COc1ccc(CCN(C)C(=O)[C@H]2CC(=O)N(Cc3ccccc3)C2)cc1OC. The van der Waals surface area contributed by atoms with Crippen LogP contribution in [-0.2, 0) is 22.6 Å². The molecule has 1 atom stereocenters. The van der Waals surface area contributed by atoms with Crippen LogP contribution in [0, 0.1) is 5.92 Å². The van der Waals surface area contributed by atoms with E-state index in [-0.39, 0.29) is 24.2 Å². The lowest BCUT2D eigenvalue weighted by Gasteiger charge is -2.22. The molecule has 0 N–H and O–H groups in total. The summed E-state index contributed by atoms with van der Waals surface area (Å²) in [4.78, 5) is 28.7. The van der Waals surface area contributed by atoms with E-state index in [2.05, 4.69) is 0 Å². The molecule has 3 rings (SSSR count). The van der Waals surface area contributed by atoms with E-state index in [1.165, 1.54) is 0 Å². The summed E-state index contributed by atoms with van der Waals surface area (Å²) in [7, 11) is 5.01. The lowest BCUT2D eigenvalue weighted by Crippen LogP contribution is -2.35. The largest absolute Gasteiger partial charge is 0.493 e. The predicted molar refractivity (Wildman–Crippen MR) is 111 cm³/mol. The number of methoxy groups -OCH3 is 2. The third kappa shape index (κ3) is 5.08. The van der Waals surface area contributed by atoms with Crippen LogP contribution in [0.5, 0.6) is 11.5 Å². The smallest absolute Gasteiger partial charge is 0.227 e. The van der Waals surface area contributed by atoms with Gasteiger partial charge < -0.3 is 19.3 Å². The van der Waals surface area contributed by atoms with Gasteiger partial charge in [0.05, 0.1) is 20.1 Å². The van der Waals surface area contributed by atoms with Gasteiger partial charge in [-0.05, 0) is 29.7 Å². The van der Waals surface area contributed by atoms with Crippen molar-refractivity contribution in [3.8, 4) is 11.5 Å². The molecule has 1 fully saturated rings. The Kier molecular flexibility index (Phi) is 6.75. The van der Waals surface area contributed by atoms with Crippen LogP contribution in [0.4, 0.5) is 0 Å². The van der Waals surface area contributed by atoms with Crippen molar-refractivity contribution < 1.29 is 19.1 Å². The van der Waals surface area contributed by atoms with Crippen molar-refractivity contribution in [2.45, 2.75) is 19.4 Å². The van der Waals surface area contributed by atoms with Crippen LogP contribution in [-0.4, -0.2) is 56.0 Å². The molecule has 2 aromatic carbocycles. The van der Waals surface area contributed by atoms with E-state index in [9.17, 15) is 9.59 Å². The van der Waals surface area contributed by atoms with Crippen molar-refractivity contribution in [1.82, 2.24) is 9.80 Å². The standard InChI is InChI=1S/C23H28N2O4/c1-24(12-11-17-9-10-20(28-2)21(13-17)29-3)23(27)19-14-22(26)25(16-19)15-18-7-5-4-6-8-18/h4-10,13,19H,11-12,14-16H2,1-3H3/t19-/m0/s1. The van der Waals surface area contributed by atoms with Gasteiger partial charge in [0.1, 0.15) is 0 Å². The van der Waals surface area contributed by atoms with Gasteiger partial charge in [-0.3, -0.25) is 9.59 Å². The van der Waals surface area contributed by atoms with Crippen molar-refractivity contribution in [1.29, 1.82) is 0 Å². The van der Waals surface area contributed by atoms with Gasteiger partial charge in [0, 0.05) is 33.1 Å². The molecule has 1 saturated heterocycles. The lowest BCUT2D eigenvalue weighted by atomic mass is 10.1. The summed E-state index contributed by atoms with van der Waals surface area (Å²) in [6.07, 6.45) is 0.989. The Morgan fingerprint density at radius 3 is 2.48 bits per heavy atom. The van der Waals surface area contributed by atoms with Crippen LogP contribution in [0.1, 0.15) is 17.5 Å². The minimum atomic E-state index is -0.276. The van der Waals surface area contributed by atoms with Crippen molar-refractivity contribution in [2.24, 2.45) is 5.92 Å². The summed E-state index contributed by atoms with van der Waals surface area (Å²) in [5.74, 6) is 1.15. The molecule has 1 aliphatic rings. The van der Waals surface area contributed by atoms with Crippen LogP contribution in [0.15, 0.2) is 48.5 Å². The summed E-state index contributed by atoms with van der Waals surface area (Å²) in [5.41, 5.74) is 2.14. The van der Waals surface area contributed by atoms with Crippen LogP contribution in [0.25, 0.3) is 0 Å². The van der Waals surface area contributed by atoms with Crippen LogP contribution in [0.3, 0.4) is 0 Å². The summed E-state index contributed by atoms with van der Waals surface area (Å²) < 4.78 is 10.6. The summed E-state index contributed by atoms with van der Waals surface area (Å²) in [6, 6.07) is 15.6. The molecule has 1 heterocycles. The minimum absolute atomic E-state index is 0.0226. The molecule has 0 radical (unpaired) electrons. The number of carbonyl (C=O) groups excluding carboxylic acids is 2. The van der Waals surface area contributed by atoms with Crippen LogP contribution < -0.4 is 9.47 Å². The maximum atomic E-state index is 12.8. The first-order valence-corrected chi connectivity index (χ1v) is 9.79. The van der Waals surface area contributed by atoms with Gasteiger partial charge in [-0.25, -0.2) is 0 Å². The van der Waals surface area contributed by atoms with E-state index in [1.54, 1.807) is 31.1 Å². The topological polar surface area (TPSA) is 59.1 Å². The third-order valence-corrected chi connectivity index (χ3v) is 5.34. The molecule has 0 spiro atoms. The molecule has 29 heavy (non-hydrogen) atoms. The highest BCUT2D eigenvalue weighted by Gasteiger charge is 2.35. The molecule has 0 unspecified atom stereocenters. The lowest BCUT2D eigenvalue weighted by molar-refractivity contribution is -0.134. The van der Waals surface area contributed by atoms with Gasteiger partial charge in [0.2, 0.25) is 11.8 Å². The van der Waals surface area contributed by atoms with Gasteiger partial charge >= 0.3 is 0 Å². The van der Waals surface area contributed by atoms with E-state index in [1.807, 2.05) is 48.5 Å². The number of likely N-dealkylation sites (N-methyl/N-ethyl adjacent to an activating group) is 1. The molecule has 0 aliphatic carbocycles. The fourth-order valence-corrected chi connectivity index (χ4v) is 3.65. The average Bonchev–Trinajstić information content (AvgIpc) is 3.12. The molecule has 2 amide bonds. The number of carbonyl (C=O) groups is 2. The summed E-state index contributed by atoms with van der Waals surface area (Å²) >= 11 is 0. The minimum Gasteiger partial charge on any atom is -0.493 e. The van der Waals surface area contributed by atoms with Crippen LogP contribution in [0.2, 0.25) is 0 Å². The number of amides is 2. The first kappa shape index (κ1) is 20.7. The quantitative estimate of drug-likeness (QED) is 0.689. The number of ether oxygens (including phenoxy) is 2. The number of rotatable bonds is 8. The van der Waals surface area contributed by atoms with Gasteiger partial charge in [-0.15, -0.1) is 0 Å². The number of hydrogen-bond donors (Lipinski definition) is 0. The second-order valence-corrected chi connectivity index (χ2v) is 7.36. The third-order valence-electron chi connectivity index (χ3n) is 5.34. The van der Waals surface area contributed by atoms with Crippen molar-refractivity contribution in [2.75, 3.05) is 34.4 Å². The van der Waals surface area contributed by atoms with Crippen molar-refractivity contribution >= 4 is 11.8 Å². The van der Waals surface area contributed by atoms with E-state index in [4.69, 9.17) is 9.47 Å². The van der Waals surface area contributed by atoms with E-state index in [0.717, 1.165) is 11.1 Å². The number of benzene rings is 2. The van der Waals surface area contributed by atoms with E-state index < -0.39 is 0 Å². The van der Waals surface area contributed by atoms with Gasteiger partial charge in [0.25, 0.3) is 0 Å². The normalized spacial score (nSPS) is 16.0. The fourth-order valence-electron chi connectivity index (χ4n) is 3.65. The molecule has 2 aromatic rings. The molecule has 154 valence electrons. The Morgan fingerprint density at radius 1 is 1.07 bits per heavy atom. The van der Waals surface area contributed by atoms with Gasteiger partial charge in [-0.1, -0.05) is 36.4 Å². The van der Waals surface area contributed by atoms with Crippen molar-refractivity contribution in [3.05, 3.63) is 59.7 Å². The molecule has 6 heteroatoms. The number of hydrogen-bond acceptors (Lipinski definition) is 4. The highest BCUT2D eigenvalue weighted by Crippen LogP contribution is 2.28. The Morgan fingerprint density at radius 2 is 1.79 bits per heavy atom. The zero-order chi connectivity index (χ0) is 20.8. The second-order valence-electron chi connectivity index (χ2n) is 7.36. The molecule has 0 bridgehead atoms. The predicted octanol–water partition coefficient (Wildman–Crippen LogP) is 2.75. The maximum absolute atomic E-state index is 12.8. The molecular formula is C23H28N2O4. The molecule has 0 aromatic heterocycles. The highest BCUT2D eigenvalue weighted by molar-refractivity contribution is 5.89. The molecule has 1 aliphatic heterocycles. The molecular weight excluding hydrogens is 368 g/mol. The monoisotopic (exact) mass is 396 g/mol. The van der Waals surface area contributed by atoms with Gasteiger partial charge in [-0.2, -0.15) is 0 Å². The Balaban J connectivity index is 1.54.